The molecule has 0 saturated heterocycles. The minimum absolute atomic E-state index is 0.00555. The molecule has 1 aromatic heterocycles. The van der Waals surface area contributed by atoms with Gasteiger partial charge in [-0.05, 0) is 48.9 Å². The minimum atomic E-state index is -3.82. The van der Waals surface area contributed by atoms with Gasteiger partial charge in [-0.1, -0.05) is 17.3 Å². The van der Waals surface area contributed by atoms with E-state index in [0.29, 0.717) is 28.6 Å². The van der Waals surface area contributed by atoms with Gasteiger partial charge in [-0.2, -0.15) is 4.98 Å². The van der Waals surface area contributed by atoms with E-state index in [9.17, 15) is 13.2 Å². The molecule has 1 unspecified atom stereocenters. The van der Waals surface area contributed by atoms with Gasteiger partial charge in [0, 0.05) is 19.5 Å². The third-order valence-corrected chi connectivity index (χ3v) is 5.52. The molecule has 9 nitrogen and oxygen atoms in total. The molecule has 3 rings (SSSR count). The first-order chi connectivity index (χ1) is 14.1. The van der Waals surface area contributed by atoms with Crippen LogP contribution in [-0.2, 0) is 16.6 Å². The van der Waals surface area contributed by atoms with Crippen LogP contribution < -0.4 is 9.88 Å². The second kappa shape index (κ2) is 8.64. The molecule has 0 aliphatic rings. The fourth-order valence-corrected chi connectivity index (χ4v) is 3.36. The molecule has 1 amide bonds. The summed E-state index contributed by atoms with van der Waals surface area (Å²) in [6, 6.07) is 12.5. The number of nitrogens with zero attached hydrogens (tertiary/aromatic N) is 3. The number of carbonyl (C=O) groups is 1. The number of primary sulfonamides is 1. The van der Waals surface area contributed by atoms with E-state index < -0.39 is 10.0 Å². The molecule has 0 radical (unpaired) electrons. The maximum atomic E-state index is 12.8. The molecule has 0 fully saturated rings. The van der Waals surface area contributed by atoms with Gasteiger partial charge in [-0.15, -0.1) is 0 Å². The number of hydrogen-bond acceptors (Lipinski definition) is 7. The SMILES string of the molecule is Cc1nc(COc2ccc(C(=O)N(C)C(C)c3cccc(S(N)(=O)=O)c3)cc2)no1. The van der Waals surface area contributed by atoms with Crippen LogP contribution in [0.15, 0.2) is 57.9 Å². The third-order valence-electron chi connectivity index (χ3n) is 4.61. The van der Waals surface area contributed by atoms with Crippen molar-refractivity contribution in [3.8, 4) is 5.75 Å². The van der Waals surface area contributed by atoms with E-state index in [1.165, 1.54) is 17.0 Å². The van der Waals surface area contributed by atoms with Crippen molar-refractivity contribution in [1.29, 1.82) is 0 Å². The van der Waals surface area contributed by atoms with Crippen molar-refractivity contribution >= 4 is 15.9 Å². The molecule has 0 aliphatic carbocycles. The van der Waals surface area contributed by atoms with Crippen molar-refractivity contribution in [1.82, 2.24) is 15.0 Å². The first-order valence-electron chi connectivity index (χ1n) is 9.07. The molecule has 0 aliphatic heterocycles. The summed E-state index contributed by atoms with van der Waals surface area (Å²) in [4.78, 5) is 18.4. The molecule has 1 heterocycles. The Labute approximate surface area is 174 Å². The van der Waals surface area contributed by atoms with Gasteiger partial charge in [0.15, 0.2) is 6.61 Å². The number of benzene rings is 2. The Kier molecular flexibility index (Phi) is 6.18. The highest BCUT2D eigenvalue weighted by Gasteiger charge is 2.20. The Balaban J connectivity index is 1.68. The quantitative estimate of drug-likeness (QED) is 0.609. The van der Waals surface area contributed by atoms with E-state index in [-0.39, 0.29) is 23.5 Å². The fourth-order valence-electron chi connectivity index (χ4n) is 2.80. The summed E-state index contributed by atoms with van der Waals surface area (Å²) < 4.78 is 33.6. The van der Waals surface area contributed by atoms with Gasteiger partial charge < -0.3 is 14.2 Å². The maximum Gasteiger partial charge on any atom is 0.254 e. The summed E-state index contributed by atoms with van der Waals surface area (Å²) >= 11 is 0. The second-order valence-corrected chi connectivity index (χ2v) is 8.31. The zero-order valence-corrected chi connectivity index (χ0v) is 17.6. The number of aromatic nitrogens is 2. The van der Waals surface area contributed by atoms with Crippen LogP contribution >= 0.6 is 0 Å². The normalized spacial score (nSPS) is 12.4. The highest BCUT2D eigenvalue weighted by atomic mass is 32.2. The predicted octanol–water partition coefficient (Wildman–Crippen LogP) is 2.44. The summed E-state index contributed by atoms with van der Waals surface area (Å²) in [5.41, 5.74) is 1.13. The van der Waals surface area contributed by atoms with Crippen molar-refractivity contribution in [3.05, 3.63) is 71.4 Å². The lowest BCUT2D eigenvalue weighted by Gasteiger charge is -2.26. The zero-order chi connectivity index (χ0) is 21.9. The molecule has 0 spiro atoms. The van der Waals surface area contributed by atoms with Gasteiger partial charge >= 0.3 is 0 Å². The average Bonchev–Trinajstić information content (AvgIpc) is 3.15. The maximum absolute atomic E-state index is 12.8. The smallest absolute Gasteiger partial charge is 0.254 e. The Morgan fingerprint density at radius 3 is 2.53 bits per heavy atom. The summed E-state index contributed by atoms with van der Waals surface area (Å²) in [6.07, 6.45) is 0. The van der Waals surface area contributed by atoms with Gasteiger partial charge in [0.25, 0.3) is 5.91 Å². The van der Waals surface area contributed by atoms with Crippen LogP contribution in [0.3, 0.4) is 0 Å². The second-order valence-electron chi connectivity index (χ2n) is 6.75. The number of carbonyl (C=O) groups excluding carboxylic acids is 1. The van der Waals surface area contributed by atoms with E-state index in [0.717, 1.165) is 0 Å². The van der Waals surface area contributed by atoms with Crippen LogP contribution in [0.4, 0.5) is 0 Å². The Morgan fingerprint density at radius 1 is 1.23 bits per heavy atom. The Morgan fingerprint density at radius 2 is 1.93 bits per heavy atom. The summed E-state index contributed by atoms with van der Waals surface area (Å²) in [6.45, 7) is 3.66. The van der Waals surface area contributed by atoms with Crippen LogP contribution in [0, 0.1) is 6.92 Å². The van der Waals surface area contributed by atoms with Gasteiger partial charge in [-0.25, -0.2) is 13.6 Å². The molecule has 10 heteroatoms. The van der Waals surface area contributed by atoms with Crippen LogP contribution in [-0.4, -0.2) is 36.4 Å². The van der Waals surface area contributed by atoms with Crippen molar-refractivity contribution in [2.45, 2.75) is 31.4 Å². The van der Waals surface area contributed by atoms with Gasteiger partial charge in [0.05, 0.1) is 10.9 Å². The number of rotatable bonds is 7. The molecule has 2 N–H and O–H groups in total. The third kappa shape index (κ3) is 5.02. The summed E-state index contributed by atoms with van der Waals surface area (Å²) in [5, 5.41) is 8.95. The Hall–Kier alpha value is -3.24. The van der Waals surface area contributed by atoms with Crippen LogP contribution in [0.1, 0.15) is 40.6 Å². The molecule has 158 valence electrons. The highest BCUT2D eigenvalue weighted by molar-refractivity contribution is 7.89. The standard InChI is InChI=1S/C20H22N4O5S/c1-13(16-5-4-6-18(11-16)30(21,26)27)24(3)20(25)15-7-9-17(10-8-15)28-12-19-22-14(2)29-23-19/h4-11,13H,12H2,1-3H3,(H2,21,26,27). The first kappa shape index (κ1) is 21.5. The molecule has 1 atom stereocenters. The lowest BCUT2D eigenvalue weighted by Crippen LogP contribution is -2.29. The van der Waals surface area contributed by atoms with E-state index in [1.807, 2.05) is 6.92 Å². The lowest BCUT2D eigenvalue weighted by atomic mass is 10.1. The van der Waals surface area contributed by atoms with E-state index in [2.05, 4.69) is 10.1 Å². The van der Waals surface area contributed by atoms with Crippen molar-refractivity contribution in [2.75, 3.05) is 7.05 Å². The average molecular weight is 430 g/mol. The predicted molar refractivity (Wildman–Crippen MR) is 108 cm³/mol. The lowest BCUT2D eigenvalue weighted by molar-refractivity contribution is 0.0742. The van der Waals surface area contributed by atoms with Crippen molar-refractivity contribution < 1.29 is 22.5 Å². The first-order valence-corrected chi connectivity index (χ1v) is 10.6. The number of ether oxygens (including phenoxy) is 1. The molecule has 2 aromatic carbocycles. The number of sulfonamides is 1. The monoisotopic (exact) mass is 430 g/mol. The molecular weight excluding hydrogens is 408 g/mol. The van der Waals surface area contributed by atoms with Gasteiger partial charge in [-0.3, -0.25) is 4.79 Å². The van der Waals surface area contributed by atoms with Crippen LogP contribution in [0.2, 0.25) is 0 Å². The minimum Gasteiger partial charge on any atom is -0.485 e. The van der Waals surface area contributed by atoms with Crippen molar-refractivity contribution in [3.63, 3.8) is 0 Å². The van der Waals surface area contributed by atoms with Crippen LogP contribution in [0.25, 0.3) is 0 Å². The van der Waals surface area contributed by atoms with E-state index >= 15 is 0 Å². The van der Waals surface area contributed by atoms with Crippen molar-refractivity contribution in [2.24, 2.45) is 5.14 Å². The fraction of sp³-hybridized carbons (Fsp3) is 0.250. The Bertz CT molecular complexity index is 1140. The molecule has 0 bridgehead atoms. The topological polar surface area (TPSA) is 129 Å². The number of nitrogens with two attached hydrogens (primary N) is 1. The van der Waals surface area contributed by atoms with E-state index in [4.69, 9.17) is 14.4 Å². The molecule has 30 heavy (non-hydrogen) atoms. The van der Waals surface area contributed by atoms with Gasteiger partial charge in [0.2, 0.25) is 21.7 Å². The number of hydrogen-bond donors (Lipinski definition) is 1. The zero-order valence-electron chi connectivity index (χ0n) is 16.8. The molecular formula is C20H22N4O5S. The summed E-state index contributed by atoms with van der Waals surface area (Å²) in [7, 11) is -2.17. The van der Waals surface area contributed by atoms with Gasteiger partial charge in [0.1, 0.15) is 5.75 Å². The molecule has 0 saturated carbocycles. The highest BCUT2D eigenvalue weighted by Crippen LogP contribution is 2.24. The van der Waals surface area contributed by atoms with Crippen LogP contribution in [0.5, 0.6) is 5.75 Å². The largest absolute Gasteiger partial charge is 0.485 e. The number of aryl methyl sites for hydroxylation is 1. The van der Waals surface area contributed by atoms with E-state index in [1.54, 1.807) is 50.4 Å². The molecule has 3 aromatic rings. The summed E-state index contributed by atoms with van der Waals surface area (Å²) in [5.74, 6) is 1.23. The number of amides is 1.